The minimum atomic E-state index is 0.158. The maximum absolute atomic E-state index is 8.88. The number of nitriles is 1. The first-order valence-corrected chi connectivity index (χ1v) is 4.96. The van der Waals surface area contributed by atoms with E-state index < -0.39 is 0 Å². The van der Waals surface area contributed by atoms with E-state index in [9.17, 15) is 0 Å². The van der Waals surface area contributed by atoms with Crippen LogP contribution >= 0.6 is 0 Å². The van der Waals surface area contributed by atoms with E-state index in [2.05, 4.69) is 10.2 Å². The first-order chi connectivity index (χ1) is 8.20. The van der Waals surface area contributed by atoms with Gasteiger partial charge in [-0.25, -0.2) is 0 Å². The summed E-state index contributed by atoms with van der Waals surface area (Å²) in [5, 5.41) is 16.3. The number of nitrogens with zero attached hydrogens (tertiary/aromatic N) is 3. The highest BCUT2D eigenvalue weighted by Gasteiger charge is 2.08. The van der Waals surface area contributed by atoms with Crippen LogP contribution in [-0.4, -0.2) is 10.2 Å². The third-order valence-electron chi connectivity index (χ3n) is 2.18. The van der Waals surface area contributed by atoms with Crippen molar-refractivity contribution in [3.05, 3.63) is 41.6 Å². The summed E-state index contributed by atoms with van der Waals surface area (Å²) in [5.74, 6) is 0.623. The van der Waals surface area contributed by atoms with Crippen LogP contribution < -0.4 is 10.5 Å². The minimum Gasteiger partial charge on any atom is -0.434 e. The molecular weight excluding hydrogens is 216 g/mol. The number of ether oxygens (including phenoxy) is 1. The summed E-state index contributed by atoms with van der Waals surface area (Å²) in [6.45, 7) is 1.93. The zero-order valence-electron chi connectivity index (χ0n) is 9.21. The van der Waals surface area contributed by atoms with E-state index in [0.29, 0.717) is 17.0 Å². The molecular formula is C12H10N4O. The lowest BCUT2D eigenvalue weighted by atomic mass is 10.2. The van der Waals surface area contributed by atoms with Crippen LogP contribution in [0.1, 0.15) is 11.1 Å². The molecule has 0 radical (unpaired) electrons. The number of benzene rings is 1. The second-order valence-electron chi connectivity index (χ2n) is 3.51. The highest BCUT2D eigenvalue weighted by molar-refractivity contribution is 5.55. The van der Waals surface area contributed by atoms with Gasteiger partial charge in [0.25, 0.3) is 5.88 Å². The van der Waals surface area contributed by atoms with Crippen molar-refractivity contribution in [1.29, 1.82) is 5.26 Å². The van der Waals surface area contributed by atoms with Gasteiger partial charge < -0.3 is 10.5 Å². The number of nitrogens with two attached hydrogens (primary N) is 1. The molecule has 0 atom stereocenters. The van der Waals surface area contributed by atoms with Crippen LogP contribution in [0.15, 0.2) is 30.5 Å². The lowest BCUT2D eigenvalue weighted by Gasteiger charge is -2.08. The van der Waals surface area contributed by atoms with Gasteiger partial charge in [0.05, 0.1) is 11.9 Å². The summed E-state index contributed by atoms with van der Waals surface area (Å²) in [7, 11) is 0. The quantitative estimate of drug-likeness (QED) is 0.792. The maximum Gasteiger partial charge on any atom is 0.257 e. The van der Waals surface area contributed by atoms with Gasteiger partial charge in [0.1, 0.15) is 11.6 Å². The van der Waals surface area contributed by atoms with Crippen LogP contribution in [0.3, 0.4) is 0 Å². The van der Waals surface area contributed by atoms with Crippen molar-refractivity contribution in [1.82, 2.24) is 10.2 Å². The van der Waals surface area contributed by atoms with E-state index >= 15 is 0 Å². The Morgan fingerprint density at radius 2 is 2.18 bits per heavy atom. The fraction of sp³-hybridized carbons (Fsp3) is 0.0833. The van der Waals surface area contributed by atoms with Gasteiger partial charge >= 0.3 is 0 Å². The minimum absolute atomic E-state index is 0.158. The molecule has 2 rings (SSSR count). The monoisotopic (exact) mass is 226 g/mol. The standard InChI is InChI=1S/C12H10N4O/c1-8-2-3-11(10(14)6-8)17-12-9(7-13)4-5-15-16-12/h2-6H,14H2,1H3. The van der Waals surface area contributed by atoms with E-state index in [4.69, 9.17) is 15.7 Å². The average Bonchev–Trinajstić information content (AvgIpc) is 2.33. The molecule has 0 aliphatic heterocycles. The second kappa shape index (κ2) is 4.49. The summed E-state index contributed by atoms with van der Waals surface area (Å²) in [4.78, 5) is 0. The van der Waals surface area contributed by atoms with Gasteiger partial charge in [-0.2, -0.15) is 10.4 Å². The van der Waals surface area contributed by atoms with Crippen LogP contribution in [-0.2, 0) is 0 Å². The molecule has 17 heavy (non-hydrogen) atoms. The molecule has 84 valence electrons. The second-order valence-corrected chi connectivity index (χ2v) is 3.51. The van der Waals surface area contributed by atoms with Gasteiger partial charge in [-0.15, -0.1) is 5.10 Å². The molecule has 2 N–H and O–H groups in total. The molecule has 0 aliphatic carbocycles. The van der Waals surface area contributed by atoms with Crippen molar-refractivity contribution in [2.45, 2.75) is 6.92 Å². The number of aryl methyl sites for hydroxylation is 1. The molecule has 5 nitrogen and oxygen atoms in total. The van der Waals surface area contributed by atoms with Crippen LogP contribution in [0.5, 0.6) is 11.6 Å². The number of rotatable bonds is 2. The molecule has 0 unspecified atom stereocenters. The van der Waals surface area contributed by atoms with Crippen molar-refractivity contribution in [3.63, 3.8) is 0 Å². The van der Waals surface area contributed by atoms with E-state index in [-0.39, 0.29) is 5.88 Å². The van der Waals surface area contributed by atoms with Crippen LogP contribution in [0, 0.1) is 18.3 Å². The fourth-order valence-electron chi connectivity index (χ4n) is 1.34. The number of nitrogen functional groups attached to an aromatic ring is 1. The number of aromatic nitrogens is 2. The van der Waals surface area contributed by atoms with Gasteiger partial charge in [-0.3, -0.25) is 0 Å². The Labute approximate surface area is 98.5 Å². The highest BCUT2D eigenvalue weighted by Crippen LogP contribution is 2.28. The smallest absolute Gasteiger partial charge is 0.257 e. The van der Waals surface area contributed by atoms with Gasteiger partial charge in [0.2, 0.25) is 0 Å². The summed E-state index contributed by atoms with van der Waals surface area (Å²) < 4.78 is 5.47. The van der Waals surface area contributed by atoms with Crippen LogP contribution in [0.25, 0.3) is 0 Å². The van der Waals surface area contributed by atoms with Crippen LogP contribution in [0.2, 0.25) is 0 Å². The number of hydrogen-bond donors (Lipinski definition) is 1. The molecule has 2 aromatic rings. The van der Waals surface area contributed by atoms with Crippen molar-refractivity contribution in [2.24, 2.45) is 0 Å². The average molecular weight is 226 g/mol. The molecule has 1 aromatic heterocycles. The zero-order valence-corrected chi connectivity index (χ0v) is 9.21. The Bertz CT molecular complexity index is 589. The Hall–Kier alpha value is -2.61. The Morgan fingerprint density at radius 1 is 1.35 bits per heavy atom. The Morgan fingerprint density at radius 3 is 2.88 bits per heavy atom. The molecule has 0 saturated heterocycles. The number of anilines is 1. The van der Waals surface area contributed by atoms with Gasteiger partial charge in [-0.05, 0) is 30.7 Å². The first kappa shape index (κ1) is 10.9. The topological polar surface area (TPSA) is 84.8 Å². The van der Waals surface area contributed by atoms with Crippen molar-refractivity contribution in [3.8, 4) is 17.7 Å². The summed E-state index contributed by atoms with van der Waals surface area (Å²) in [6.07, 6.45) is 1.43. The Kier molecular flexibility index (Phi) is 2.88. The lowest BCUT2D eigenvalue weighted by molar-refractivity contribution is 0.455. The van der Waals surface area contributed by atoms with E-state index in [0.717, 1.165) is 5.56 Å². The maximum atomic E-state index is 8.88. The summed E-state index contributed by atoms with van der Waals surface area (Å²) in [6, 6.07) is 8.91. The molecule has 0 fully saturated rings. The third kappa shape index (κ3) is 2.32. The predicted octanol–water partition coefficient (Wildman–Crippen LogP) is 2.03. The molecule has 0 saturated carbocycles. The molecule has 5 heteroatoms. The molecule has 1 heterocycles. The lowest BCUT2D eigenvalue weighted by Crippen LogP contribution is -1.97. The largest absolute Gasteiger partial charge is 0.434 e. The molecule has 0 amide bonds. The van der Waals surface area contributed by atoms with Crippen molar-refractivity contribution < 1.29 is 4.74 Å². The Balaban J connectivity index is 2.35. The predicted molar refractivity (Wildman–Crippen MR) is 62.4 cm³/mol. The van der Waals surface area contributed by atoms with Crippen molar-refractivity contribution in [2.75, 3.05) is 5.73 Å². The summed E-state index contributed by atoms with van der Waals surface area (Å²) >= 11 is 0. The first-order valence-electron chi connectivity index (χ1n) is 4.96. The molecule has 0 spiro atoms. The fourth-order valence-corrected chi connectivity index (χ4v) is 1.34. The van der Waals surface area contributed by atoms with E-state index in [1.807, 2.05) is 19.1 Å². The highest BCUT2D eigenvalue weighted by atomic mass is 16.5. The molecule has 0 aliphatic rings. The van der Waals surface area contributed by atoms with Crippen molar-refractivity contribution >= 4 is 5.69 Å². The van der Waals surface area contributed by atoms with Gasteiger partial charge in [-0.1, -0.05) is 6.07 Å². The van der Waals surface area contributed by atoms with Gasteiger partial charge in [0, 0.05) is 0 Å². The summed E-state index contributed by atoms with van der Waals surface area (Å²) in [5.41, 5.74) is 7.66. The van der Waals surface area contributed by atoms with E-state index in [1.54, 1.807) is 12.1 Å². The van der Waals surface area contributed by atoms with E-state index in [1.165, 1.54) is 12.3 Å². The molecule has 1 aromatic carbocycles. The number of hydrogen-bond acceptors (Lipinski definition) is 5. The third-order valence-corrected chi connectivity index (χ3v) is 2.18. The SMILES string of the molecule is Cc1ccc(Oc2nnccc2C#N)c(N)c1. The molecule has 0 bridgehead atoms. The normalized spacial score (nSPS) is 9.65. The van der Waals surface area contributed by atoms with Crippen LogP contribution in [0.4, 0.5) is 5.69 Å². The zero-order chi connectivity index (χ0) is 12.3. The van der Waals surface area contributed by atoms with Gasteiger partial charge in [0.15, 0.2) is 5.75 Å².